The van der Waals surface area contributed by atoms with Gasteiger partial charge in [0.25, 0.3) is 5.56 Å². The molecule has 0 aliphatic rings. The van der Waals surface area contributed by atoms with Gasteiger partial charge in [0, 0.05) is 28.5 Å². The molecule has 0 radical (unpaired) electrons. The van der Waals surface area contributed by atoms with Crippen LogP contribution < -0.4 is 5.56 Å². The molecule has 0 saturated heterocycles. The topological polar surface area (TPSA) is 73.3 Å². The minimum Gasteiger partial charge on any atom is -0.507 e. The van der Waals surface area contributed by atoms with Crippen molar-refractivity contribution in [3.8, 4) is 16.9 Å². The predicted octanol–water partition coefficient (Wildman–Crippen LogP) is 3.65. The van der Waals surface area contributed by atoms with E-state index in [0.717, 1.165) is 21.9 Å². The van der Waals surface area contributed by atoms with Crippen LogP contribution in [0.5, 0.6) is 5.75 Å². The van der Waals surface area contributed by atoms with E-state index < -0.39 is 0 Å². The number of benzene rings is 2. The van der Waals surface area contributed by atoms with Crippen molar-refractivity contribution in [2.75, 3.05) is 6.61 Å². The molecule has 0 aliphatic heterocycles. The number of aromatic hydroxyl groups is 1. The Morgan fingerprint density at radius 2 is 1.83 bits per heavy atom. The van der Waals surface area contributed by atoms with Gasteiger partial charge in [0.05, 0.1) is 0 Å². The number of hydrogen-bond acceptors (Lipinski definition) is 4. The number of aromatic amines is 1. The highest BCUT2D eigenvalue weighted by Gasteiger charge is 2.15. The summed E-state index contributed by atoms with van der Waals surface area (Å²) in [4.78, 5) is 15.1. The van der Waals surface area contributed by atoms with Gasteiger partial charge in [-0.2, -0.15) is 0 Å². The van der Waals surface area contributed by atoms with Crippen molar-refractivity contribution in [1.29, 1.82) is 0 Å². The third-order valence-corrected chi connectivity index (χ3v) is 5.13. The van der Waals surface area contributed by atoms with Gasteiger partial charge in [-0.15, -0.1) is 11.3 Å². The Morgan fingerprint density at radius 3 is 2.58 bits per heavy atom. The second kappa shape index (κ2) is 5.78. The van der Waals surface area contributed by atoms with E-state index in [1.54, 1.807) is 12.1 Å². The number of rotatable bonds is 3. The highest BCUT2D eigenvalue weighted by Crippen LogP contribution is 2.39. The van der Waals surface area contributed by atoms with Crippen molar-refractivity contribution in [2.24, 2.45) is 0 Å². The third kappa shape index (κ3) is 2.29. The zero-order valence-corrected chi connectivity index (χ0v) is 13.6. The molecule has 0 saturated carbocycles. The number of pyridine rings is 1. The van der Waals surface area contributed by atoms with Crippen LogP contribution in [0.1, 0.15) is 5.56 Å². The molecule has 0 fully saturated rings. The molecular formula is C19H15NO3S. The van der Waals surface area contributed by atoms with E-state index in [9.17, 15) is 9.90 Å². The Kier molecular flexibility index (Phi) is 3.59. The monoisotopic (exact) mass is 337 g/mol. The lowest BCUT2D eigenvalue weighted by Gasteiger charge is -2.11. The minimum absolute atomic E-state index is 0.107. The maximum Gasteiger partial charge on any atom is 0.266 e. The molecule has 2 heterocycles. The van der Waals surface area contributed by atoms with Gasteiger partial charge in [-0.25, -0.2) is 0 Å². The standard InChI is InChI=1S/C19H15NO3S/c21-9-7-11-1-3-12(4-2-11)16-15(22)6-5-14-17(16)13-8-10-24-18(13)19(23)20-14/h1-6,8,10,21-22H,7,9H2,(H,20,23). The first-order valence-electron chi connectivity index (χ1n) is 7.64. The Morgan fingerprint density at radius 1 is 1.04 bits per heavy atom. The number of phenols is 1. The summed E-state index contributed by atoms with van der Waals surface area (Å²) in [6.45, 7) is 0.107. The van der Waals surface area contributed by atoms with E-state index in [1.165, 1.54) is 11.3 Å². The summed E-state index contributed by atoms with van der Waals surface area (Å²) in [7, 11) is 0. The van der Waals surface area contributed by atoms with Crippen molar-refractivity contribution < 1.29 is 10.2 Å². The number of aromatic nitrogens is 1. The molecule has 120 valence electrons. The summed E-state index contributed by atoms with van der Waals surface area (Å²) < 4.78 is 0.659. The fraction of sp³-hybridized carbons (Fsp3) is 0.105. The maximum absolute atomic E-state index is 12.2. The summed E-state index contributed by atoms with van der Waals surface area (Å²) in [6.07, 6.45) is 0.601. The van der Waals surface area contributed by atoms with E-state index in [-0.39, 0.29) is 17.9 Å². The predicted molar refractivity (Wildman–Crippen MR) is 97.8 cm³/mol. The number of phenolic OH excluding ortho intramolecular Hbond substituents is 1. The van der Waals surface area contributed by atoms with E-state index in [4.69, 9.17) is 5.11 Å². The van der Waals surface area contributed by atoms with Crippen LogP contribution >= 0.6 is 11.3 Å². The molecule has 0 unspecified atom stereocenters. The van der Waals surface area contributed by atoms with E-state index in [0.29, 0.717) is 22.2 Å². The molecule has 2 aromatic heterocycles. The maximum atomic E-state index is 12.2. The first kappa shape index (κ1) is 14.9. The van der Waals surface area contributed by atoms with Crippen molar-refractivity contribution in [2.45, 2.75) is 6.42 Å². The number of nitrogens with one attached hydrogen (secondary N) is 1. The summed E-state index contributed by atoms with van der Waals surface area (Å²) in [5.41, 5.74) is 3.22. The van der Waals surface area contributed by atoms with Crippen LogP contribution in [0, 0.1) is 0 Å². The summed E-state index contributed by atoms with van der Waals surface area (Å²) in [5.74, 6) is 0.178. The van der Waals surface area contributed by atoms with Crippen molar-refractivity contribution in [1.82, 2.24) is 4.98 Å². The van der Waals surface area contributed by atoms with Crippen LogP contribution in [0.3, 0.4) is 0 Å². The zero-order chi connectivity index (χ0) is 16.7. The normalized spacial score (nSPS) is 11.4. The largest absolute Gasteiger partial charge is 0.507 e. The Bertz CT molecular complexity index is 1090. The lowest BCUT2D eigenvalue weighted by atomic mass is 9.96. The van der Waals surface area contributed by atoms with Gasteiger partial charge >= 0.3 is 0 Å². The van der Waals surface area contributed by atoms with Crippen molar-refractivity contribution >= 4 is 32.3 Å². The molecule has 4 aromatic rings. The molecule has 24 heavy (non-hydrogen) atoms. The number of thiophene rings is 1. The molecule has 3 N–H and O–H groups in total. The van der Waals surface area contributed by atoms with Gasteiger partial charge < -0.3 is 15.2 Å². The number of aliphatic hydroxyl groups excluding tert-OH is 1. The van der Waals surface area contributed by atoms with E-state index in [1.807, 2.05) is 35.7 Å². The van der Waals surface area contributed by atoms with Crippen LogP contribution in [0.4, 0.5) is 0 Å². The molecule has 0 amide bonds. The number of aliphatic hydroxyl groups is 1. The van der Waals surface area contributed by atoms with Gasteiger partial charge in [-0.05, 0) is 41.1 Å². The molecule has 2 aromatic carbocycles. The summed E-state index contributed by atoms with van der Waals surface area (Å²) >= 11 is 1.39. The van der Waals surface area contributed by atoms with Gasteiger partial charge in [-0.3, -0.25) is 4.79 Å². The fourth-order valence-corrected chi connectivity index (χ4v) is 3.89. The number of H-pyrrole nitrogens is 1. The quantitative estimate of drug-likeness (QED) is 0.534. The van der Waals surface area contributed by atoms with Crippen LogP contribution in [-0.2, 0) is 6.42 Å². The van der Waals surface area contributed by atoms with Gasteiger partial charge in [0.1, 0.15) is 10.4 Å². The Hall–Kier alpha value is -2.63. The Labute approximate surface area is 141 Å². The number of hydrogen-bond donors (Lipinski definition) is 3. The van der Waals surface area contributed by atoms with Gasteiger partial charge in [-0.1, -0.05) is 24.3 Å². The first-order chi connectivity index (χ1) is 11.7. The molecule has 4 rings (SSSR count). The average Bonchev–Trinajstić information content (AvgIpc) is 3.07. The lowest BCUT2D eigenvalue weighted by Crippen LogP contribution is -2.04. The summed E-state index contributed by atoms with van der Waals surface area (Å²) in [5, 5.41) is 23.1. The zero-order valence-electron chi connectivity index (χ0n) is 12.7. The van der Waals surface area contributed by atoms with E-state index >= 15 is 0 Å². The molecular weight excluding hydrogens is 322 g/mol. The van der Waals surface area contributed by atoms with Crippen LogP contribution in [0.25, 0.3) is 32.1 Å². The van der Waals surface area contributed by atoms with Crippen LogP contribution in [-0.4, -0.2) is 21.8 Å². The molecule has 0 aliphatic carbocycles. The SMILES string of the molecule is O=c1[nH]c2ccc(O)c(-c3ccc(CCO)cc3)c2c2ccsc12. The molecule has 0 bridgehead atoms. The highest BCUT2D eigenvalue weighted by molar-refractivity contribution is 7.17. The fourth-order valence-electron chi connectivity index (χ4n) is 3.10. The second-order valence-corrected chi connectivity index (χ2v) is 6.59. The van der Waals surface area contributed by atoms with Crippen LogP contribution in [0.15, 0.2) is 52.6 Å². The average molecular weight is 337 g/mol. The third-order valence-electron chi connectivity index (χ3n) is 4.22. The van der Waals surface area contributed by atoms with Crippen LogP contribution in [0.2, 0.25) is 0 Å². The summed E-state index contributed by atoms with van der Waals surface area (Å²) in [6, 6.07) is 13.0. The van der Waals surface area contributed by atoms with Crippen molar-refractivity contribution in [3.05, 3.63) is 63.8 Å². The Balaban J connectivity index is 2.05. The lowest BCUT2D eigenvalue weighted by molar-refractivity contribution is 0.299. The first-order valence-corrected chi connectivity index (χ1v) is 8.52. The molecule has 4 nitrogen and oxygen atoms in total. The van der Waals surface area contributed by atoms with Gasteiger partial charge in [0.2, 0.25) is 0 Å². The molecule has 0 atom stereocenters. The van der Waals surface area contributed by atoms with Gasteiger partial charge in [0.15, 0.2) is 0 Å². The van der Waals surface area contributed by atoms with Crippen molar-refractivity contribution in [3.63, 3.8) is 0 Å². The molecule has 5 heteroatoms. The number of fused-ring (bicyclic) bond motifs is 3. The highest BCUT2D eigenvalue weighted by atomic mass is 32.1. The molecule has 0 spiro atoms. The minimum atomic E-state index is -0.109. The second-order valence-electron chi connectivity index (χ2n) is 5.67. The smallest absolute Gasteiger partial charge is 0.266 e. The van der Waals surface area contributed by atoms with E-state index in [2.05, 4.69) is 4.98 Å².